The molecule has 0 saturated carbocycles. The first-order valence-electron chi connectivity index (χ1n) is 5.55. The van der Waals surface area contributed by atoms with Crippen molar-refractivity contribution in [2.45, 2.75) is 13.3 Å². The Morgan fingerprint density at radius 1 is 1.24 bits per heavy atom. The Hall–Kier alpha value is -0.650. The van der Waals surface area contributed by atoms with E-state index in [0.717, 1.165) is 23.1 Å². The van der Waals surface area contributed by atoms with E-state index < -0.39 is 0 Å². The van der Waals surface area contributed by atoms with Gasteiger partial charge in [-0.05, 0) is 35.3 Å². The monoisotopic (exact) mass is 303 g/mol. The molecule has 0 aromatic carbocycles. The van der Waals surface area contributed by atoms with E-state index in [9.17, 15) is 0 Å². The zero-order valence-corrected chi connectivity index (χ0v) is 11.8. The molecule has 4 nitrogen and oxygen atoms in total. The molecule has 1 aromatic rings. The average Bonchev–Trinajstić information content (AvgIpc) is 2.30. The number of aryl methyl sites for hydroxylation is 1. The number of ether oxygens (including phenoxy) is 3. The fourth-order valence-corrected chi connectivity index (χ4v) is 1.73. The fourth-order valence-electron chi connectivity index (χ4n) is 1.28. The van der Waals surface area contributed by atoms with E-state index in [-0.39, 0.29) is 0 Å². The minimum absolute atomic E-state index is 0.516. The molecule has 0 aliphatic carbocycles. The Kier molecular flexibility index (Phi) is 7.16. The first-order valence-corrected chi connectivity index (χ1v) is 6.35. The van der Waals surface area contributed by atoms with E-state index in [4.69, 9.17) is 14.2 Å². The number of methoxy groups -OCH3 is 1. The molecule has 0 fully saturated rings. The summed E-state index contributed by atoms with van der Waals surface area (Å²) >= 11 is 3.36. The second kappa shape index (κ2) is 8.44. The lowest BCUT2D eigenvalue weighted by Gasteiger charge is -2.08. The van der Waals surface area contributed by atoms with Crippen LogP contribution in [0.4, 0.5) is 0 Å². The molecule has 17 heavy (non-hydrogen) atoms. The number of aromatic nitrogens is 1. The quantitative estimate of drug-likeness (QED) is 0.692. The molecule has 0 radical (unpaired) electrons. The second-order valence-electron chi connectivity index (χ2n) is 3.58. The molecule has 0 amide bonds. The molecule has 1 aromatic heterocycles. The van der Waals surface area contributed by atoms with Gasteiger partial charge in [0.2, 0.25) is 5.88 Å². The van der Waals surface area contributed by atoms with Crippen LogP contribution >= 0.6 is 15.9 Å². The van der Waals surface area contributed by atoms with Crippen molar-refractivity contribution >= 4 is 15.9 Å². The lowest BCUT2D eigenvalue weighted by molar-refractivity contribution is 0.0794. The topological polar surface area (TPSA) is 40.6 Å². The molecule has 1 rings (SSSR count). The van der Waals surface area contributed by atoms with Gasteiger partial charge < -0.3 is 14.2 Å². The van der Waals surface area contributed by atoms with Crippen LogP contribution in [0.25, 0.3) is 0 Å². The summed E-state index contributed by atoms with van der Waals surface area (Å²) in [6.45, 7) is 4.48. The van der Waals surface area contributed by atoms with Crippen LogP contribution in [0.15, 0.2) is 16.7 Å². The highest BCUT2D eigenvalue weighted by molar-refractivity contribution is 9.10. The van der Waals surface area contributed by atoms with Gasteiger partial charge in [-0.3, -0.25) is 0 Å². The summed E-state index contributed by atoms with van der Waals surface area (Å²) in [7, 11) is 1.69. The van der Waals surface area contributed by atoms with Crippen molar-refractivity contribution < 1.29 is 14.2 Å². The Morgan fingerprint density at radius 2 is 2.06 bits per heavy atom. The molecule has 0 atom stereocenters. The predicted octanol–water partition coefficient (Wildman–Crippen LogP) is 2.58. The zero-order valence-electron chi connectivity index (χ0n) is 10.2. The number of nitrogens with zero attached hydrogens (tertiary/aromatic N) is 1. The van der Waals surface area contributed by atoms with Crippen LogP contribution in [0.5, 0.6) is 5.88 Å². The van der Waals surface area contributed by atoms with Gasteiger partial charge >= 0.3 is 0 Å². The van der Waals surface area contributed by atoms with E-state index in [0.29, 0.717) is 25.7 Å². The van der Waals surface area contributed by atoms with Crippen LogP contribution in [-0.2, 0) is 9.47 Å². The van der Waals surface area contributed by atoms with E-state index in [1.807, 2.05) is 13.0 Å². The number of hydrogen-bond acceptors (Lipinski definition) is 4. The van der Waals surface area contributed by atoms with Crippen LogP contribution in [0.1, 0.15) is 12.0 Å². The minimum Gasteiger partial charge on any atom is -0.475 e. The highest BCUT2D eigenvalue weighted by atomic mass is 79.9. The summed E-state index contributed by atoms with van der Waals surface area (Å²) in [6, 6.07) is 1.97. The van der Waals surface area contributed by atoms with Gasteiger partial charge in [0.05, 0.1) is 6.61 Å². The Morgan fingerprint density at radius 3 is 2.76 bits per heavy atom. The summed E-state index contributed by atoms with van der Waals surface area (Å²) in [5.74, 6) is 0.661. The van der Waals surface area contributed by atoms with E-state index in [2.05, 4.69) is 20.9 Å². The summed E-state index contributed by atoms with van der Waals surface area (Å²) in [5, 5.41) is 0. The third kappa shape index (κ3) is 6.00. The number of hydrogen-bond donors (Lipinski definition) is 0. The molecule has 0 spiro atoms. The molecule has 1 heterocycles. The molecular weight excluding hydrogens is 286 g/mol. The van der Waals surface area contributed by atoms with Gasteiger partial charge in [-0.15, -0.1) is 0 Å². The van der Waals surface area contributed by atoms with Gasteiger partial charge in [0.1, 0.15) is 6.61 Å². The lowest BCUT2D eigenvalue weighted by atomic mass is 10.3. The molecule has 0 unspecified atom stereocenters. The smallest absolute Gasteiger partial charge is 0.216 e. The highest BCUT2D eigenvalue weighted by Gasteiger charge is 2.01. The molecule has 5 heteroatoms. The van der Waals surface area contributed by atoms with E-state index in [1.54, 1.807) is 13.3 Å². The fraction of sp³-hybridized carbons (Fsp3) is 0.583. The van der Waals surface area contributed by atoms with Crippen molar-refractivity contribution in [2.75, 3.05) is 33.5 Å². The minimum atomic E-state index is 0.516. The van der Waals surface area contributed by atoms with Gasteiger partial charge in [0.25, 0.3) is 0 Å². The van der Waals surface area contributed by atoms with Gasteiger partial charge in [0, 0.05) is 36.6 Å². The van der Waals surface area contributed by atoms with Crippen molar-refractivity contribution in [2.24, 2.45) is 0 Å². The third-order valence-electron chi connectivity index (χ3n) is 2.10. The number of pyridine rings is 1. The SMILES string of the molecule is COCCCOCCOc1ncc(Br)cc1C. The maximum absolute atomic E-state index is 5.51. The summed E-state index contributed by atoms with van der Waals surface area (Å²) in [6.07, 6.45) is 2.63. The molecule has 96 valence electrons. The Bertz CT molecular complexity index is 334. The molecule has 0 N–H and O–H groups in total. The Balaban J connectivity index is 2.14. The van der Waals surface area contributed by atoms with Crippen molar-refractivity contribution in [1.29, 1.82) is 0 Å². The molecule has 0 aliphatic heterocycles. The largest absolute Gasteiger partial charge is 0.475 e. The number of halogens is 1. The molecule has 0 aliphatic rings. The predicted molar refractivity (Wildman–Crippen MR) is 69.5 cm³/mol. The molecule has 0 saturated heterocycles. The third-order valence-corrected chi connectivity index (χ3v) is 2.53. The summed E-state index contributed by atoms with van der Waals surface area (Å²) in [4.78, 5) is 4.18. The zero-order chi connectivity index (χ0) is 12.5. The highest BCUT2D eigenvalue weighted by Crippen LogP contribution is 2.18. The summed E-state index contributed by atoms with van der Waals surface area (Å²) in [5.41, 5.74) is 1.01. The molecule has 0 bridgehead atoms. The molecular formula is C12H18BrNO3. The van der Waals surface area contributed by atoms with Crippen molar-refractivity contribution in [3.63, 3.8) is 0 Å². The van der Waals surface area contributed by atoms with Crippen LogP contribution in [0, 0.1) is 6.92 Å². The standard InChI is InChI=1S/C12H18BrNO3/c1-10-8-11(13)9-14-12(10)17-7-6-16-5-3-4-15-2/h8-9H,3-7H2,1-2H3. The van der Waals surface area contributed by atoms with Gasteiger partial charge in [0.15, 0.2) is 0 Å². The van der Waals surface area contributed by atoms with Crippen molar-refractivity contribution in [1.82, 2.24) is 4.98 Å². The average molecular weight is 304 g/mol. The van der Waals surface area contributed by atoms with Crippen LogP contribution in [-0.4, -0.2) is 38.5 Å². The maximum Gasteiger partial charge on any atom is 0.216 e. The van der Waals surface area contributed by atoms with Crippen molar-refractivity contribution in [3.05, 3.63) is 22.3 Å². The van der Waals surface area contributed by atoms with Crippen LogP contribution in [0.3, 0.4) is 0 Å². The normalized spacial score (nSPS) is 10.5. The first kappa shape index (κ1) is 14.4. The van der Waals surface area contributed by atoms with Crippen LogP contribution < -0.4 is 4.74 Å². The summed E-state index contributed by atoms with van der Waals surface area (Å²) < 4.78 is 16.8. The second-order valence-corrected chi connectivity index (χ2v) is 4.50. The van der Waals surface area contributed by atoms with E-state index >= 15 is 0 Å². The lowest BCUT2D eigenvalue weighted by Crippen LogP contribution is -2.09. The Labute approximate surface area is 110 Å². The van der Waals surface area contributed by atoms with Gasteiger partial charge in [-0.25, -0.2) is 4.98 Å². The van der Waals surface area contributed by atoms with Crippen molar-refractivity contribution in [3.8, 4) is 5.88 Å². The first-order chi connectivity index (χ1) is 8.24. The number of rotatable bonds is 8. The van der Waals surface area contributed by atoms with Gasteiger partial charge in [-0.1, -0.05) is 0 Å². The van der Waals surface area contributed by atoms with Crippen LogP contribution in [0.2, 0.25) is 0 Å². The van der Waals surface area contributed by atoms with E-state index in [1.165, 1.54) is 0 Å². The van der Waals surface area contributed by atoms with Gasteiger partial charge in [-0.2, -0.15) is 0 Å². The maximum atomic E-state index is 5.51.